The molecule has 1 unspecified atom stereocenters. The fourth-order valence-corrected chi connectivity index (χ4v) is 3.29. The molecule has 1 aliphatic heterocycles. The Morgan fingerprint density at radius 3 is 2.82 bits per heavy atom. The van der Waals surface area contributed by atoms with E-state index in [4.69, 9.17) is 9.26 Å². The third-order valence-electron chi connectivity index (χ3n) is 4.53. The van der Waals surface area contributed by atoms with E-state index >= 15 is 0 Å². The molecule has 3 rings (SSSR count). The average Bonchev–Trinajstić information content (AvgIpc) is 2.90. The Labute approximate surface area is 131 Å². The maximum absolute atomic E-state index is 12.4. The van der Waals surface area contributed by atoms with Crippen molar-refractivity contribution in [1.82, 2.24) is 15.4 Å². The van der Waals surface area contributed by atoms with Gasteiger partial charge in [-0.25, -0.2) is 0 Å². The van der Waals surface area contributed by atoms with Gasteiger partial charge in [-0.2, -0.15) is 0 Å². The number of rotatable bonds is 4. The van der Waals surface area contributed by atoms with Crippen LogP contribution in [-0.2, 0) is 28.9 Å². The molecule has 1 aromatic rings. The third-order valence-corrected chi connectivity index (χ3v) is 4.53. The van der Waals surface area contributed by atoms with Crippen LogP contribution in [0.25, 0.3) is 0 Å². The molecular formula is C16H25N3O3. The molecule has 1 saturated heterocycles. The van der Waals surface area contributed by atoms with E-state index in [0.717, 1.165) is 50.1 Å². The van der Waals surface area contributed by atoms with E-state index in [1.54, 1.807) is 0 Å². The van der Waals surface area contributed by atoms with Gasteiger partial charge in [0.05, 0.1) is 0 Å². The number of carbonyl (C=O) groups excluding carboxylic acids is 1. The normalized spacial score (nSPS) is 22.6. The van der Waals surface area contributed by atoms with Crippen molar-refractivity contribution >= 4 is 5.91 Å². The Hall–Kier alpha value is -1.40. The molecular weight excluding hydrogens is 282 g/mol. The van der Waals surface area contributed by atoms with Crippen molar-refractivity contribution in [3.8, 4) is 0 Å². The zero-order valence-corrected chi connectivity index (χ0v) is 13.4. The van der Waals surface area contributed by atoms with Crippen LogP contribution in [0.4, 0.5) is 0 Å². The van der Waals surface area contributed by atoms with Crippen LogP contribution in [0.15, 0.2) is 4.52 Å². The number of fused-ring (bicyclic) bond motifs is 1. The highest BCUT2D eigenvalue weighted by molar-refractivity contribution is 5.79. The Bertz CT molecular complexity index is 521. The standard InChI is InChI=1S/C16H25N3O3/c1-19(2)10-14-13-9-12(3-4-15(13)22-18-14)17-16(20)11-5-7-21-8-6-11/h11-12H,3-10H2,1-2H3,(H,17,20). The van der Waals surface area contributed by atoms with E-state index in [-0.39, 0.29) is 17.9 Å². The van der Waals surface area contributed by atoms with Gasteiger partial charge in [0.15, 0.2) is 0 Å². The van der Waals surface area contributed by atoms with Gasteiger partial charge >= 0.3 is 0 Å². The number of aromatic nitrogens is 1. The molecule has 6 nitrogen and oxygen atoms in total. The van der Waals surface area contributed by atoms with Crippen molar-refractivity contribution < 1.29 is 14.1 Å². The summed E-state index contributed by atoms with van der Waals surface area (Å²) in [6, 6.07) is 0.197. The summed E-state index contributed by atoms with van der Waals surface area (Å²) in [4.78, 5) is 14.5. The lowest BCUT2D eigenvalue weighted by Gasteiger charge is -2.27. The highest BCUT2D eigenvalue weighted by Crippen LogP contribution is 2.26. The van der Waals surface area contributed by atoms with E-state index in [2.05, 4.69) is 15.4 Å². The summed E-state index contributed by atoms with van der Waals surface area (Å²) in [7, 11) is 4.04. The van der Waals surface area contributed by atoms with E-state index in [0.29, 0.717) is 13.2 Å². The molecule has 0 bridgehead atoms. The molecule has 0 radical (unpaired) electrons. The second-order valence-corrected chi connectivity index (χ2v) is 6.60. The average molecular weight is 307 g/mol. The van der Waals surface area contributed by atoms with Gasteiger partial charge in [0.1, 0.15) is 11.5 Å². The van der Waals surface area contributed by atoms with E-state index in [1.165, 1.54) is 5.56 Å². The molecule has 1 aromatic heterocycles. The van der Waals surface area contributed by atoms with Gasteiger partial charge in [-0.05, 0) is 39.8 Å². The smallest absolute Gasteiger partial charge is 0.223 e. The van der Waals surface area contributed by atoms with Crippen LogP contribution in [0.3, 0.4) is 0 Å². The van der Waals surface area contributed by atoms with Crippen molar-refractivity contribution in [2.24, 2.45) is 5.92 Å². The largest absolute Gasteiger partial charge is 0.381 e. The van der Waals surface area contributed by atoms with Crippen LogP contribution in [0.1, 0.15) is 36.3 Å². The van der Waals surface area contributed by atoms with Crippen LogP contribution in [0.5, 0.6) is 0 Å². The minimum absolute atomic E-state index is 0.110. The minimum atomic E-state index is 0.110. The van der Waals surface area contributed by atoms with E-state index < -0.39 is 0 Å². The molecule has 1 N–H and O–H groups in total. The number of amides is 1. The summed E-state index contributed by atoms with van der Waals surface area (Å²) in [6.07, 6.45) is 4.29. The SMILES string of the molecule is CN(C)Cc1noc2c1CC(NC(=O)C1CCOCC1)CC2. The van der Waals surface area contributed by atoms with Crippen LogP contribution < -0.4 is 5.32 Å². The number of nitrogens with one attached hydrogen (secondary N) is 1. The second-order valence-electron chi connectivity index (χ2n) is 6.60. The summed E-state index contributed by atoms with van der Waals surface area (Å²) >= 11 is 0. The van der Waals surface area contributed by atoms with Gasteiger partial charge in [-0.1, -0.05) is 5.16 Å². The number of carbonyl (C=O) groups is 1. The molecule has 6 heteroatoms. The quantitative estimate of drug-likeness (QED) is 0.903. The lowest BCUT2D eigenvalue weighted by molar-refractivity contribution is -0.128. The Morgan fingerprint density at radius 2 is 2.09 bits per heavy atom. The summed E-state index contributed by atoms with van der Waals surface area (Å²) in [6.45, 7) is 2.18. The van der Waals surface area contributed by atoms with Crippen molar-refractivity contribution in [2.45, 2.75) is 44.7 Å². The summed E-state index contributed by atoms with van der Waals surface area (Å²) in [5.74, 6) is 1.29. The van der Waals surface area contributed by atoms with Gasteiger partial charge in [-0.3, -0.25) is 4.79 Å². The Morgan fingerprint density at radius 1 is 1.32 bits per heavy atom. The van der Waals surface area contributed by atoms with Crippen LogP contribution in [-0.4, -0.2) is 49.3 Å². The topological polar surface area (TPSA) is 67.6 Å². The Kier molecular flexibility index (Phi) is 4.78. The first kappa shape index (κ1) is 15.5. The molecule has 0 spiro atoms. The molecule has 1 amide bonds. The molecule has 1 atom stereocenters. The highest BCUT2D eigenvalue weighted by Gasteiger charge is 2.29. The van der Waals surface area contributed by atoms with Crippen LogP contribution >= 0.6 is 0 Å². The first-order chi connectivity index (χ1) is 10.6. The van der Waals surface area contributed by atoms with E-state index in [9.17, 15) is 4.79 Å². The number of nitrogens with zero attached hydrogens (tertiary/aromatic N) is 2. The molecule has 22 heavy (non-hydrogen) atoms. The zero-order chi connectivity index (χ0) is 15.5. The molecule has 2 aliphatic rings. The van der Waals surface area contributed by atoms with Crippen molar-refractivity contribution in [2.75, 3.05) is 27.3 Å². The first-order valence-electron chi connectivity index (χ1n) is 8.12. The number of hydrogen-bond donors (Lipinski definition) is 1. The summed E-state index contributed by atoms with van der Waals surface area (Å²) in [5.41, 5.74) is 2.20. The van der Waals surface area contributed by atoms with Gasteiger partial charge in [0, 0.05) is 43.7 Å². The number of ether oxygens (including phenoxy) is 1. The summed E-state index contributed by atoms with van der Waals surface area (Å²) < 4.78 is 10.8. The second kappa shape index (κ2) is 6.79. The monoisotopic (exact) mass is 307 g/mol. The maximum Gasteiger partial charge on any atom is 0.223 e. The lowest BCUT2D eigenvalue weighted by atomic mass is 9.91. The number of hydrogen-bond acceptors (Lipinski definition) is 5. The summed E-state index contributed by atoms with van der Waals surface area (Å²) in [5, 5.41) is 7.42. The van der Waals surface area contributed by atoms with Crippen molar-refractivity contribution in [3.63, 3.8) is 0 Å². The van der Waals surface area contributed by atoms with E-state index in [1.807, 2.05) is 14.1 Å². The molecule has 122 valence electrons. The fraction of sp³-hybridized carbons (Fsp3) is 0.750. The predicted molar refractivity (Wildman–Crippen MR) is 81.4 cm³/mol. The van der Waals surface area contributed by atoms with Crippen LogP contribution in [0.2, 0.25) is 0 Å². The van der Waals surface area contributed by atoms with Crippen LogP contribution in [0, 0.1) is 5.92 Å². The predicted octanol–water partition coefficient (Wildman–Crippen LogP) is 1.14. The Balaban J connectivity index is 1.61. The molecule has 1 fully saturated rings. The lowest BCUT2D eigenvalue weighted by Crippen LogP contribution is -2.43. The molecule has 2 heterocycles. The van der Waals surface area contributed by atoms with Gasteiger partial charge < -0.3 is 19.5 Å². The fourth-order valence-electron chi connectivity index (χ4n) is 3.29. The maximum atomic E-state index is 12.4. The van der Waals surface area contributed by atoms with Crippen molar-refractivity contribution in [3.05, 3.63) is 17.0 Å². The van der Waals surface area contributed by atoms with Gasteiger partial charge in [0.2, 0.25) is 5.91 Å². The zero-order valence-electron chi connectivity index (χ0n) is 13.4. The number of aryl methyl sites for hydroxylation is 1. The highest BCUT2D eigenvalue weighted by atomic mass is 16.5. The first-order valence-corrected chi connectivity index (χ1v) is 8.12. The van der Waals surface area contributed by atoms with Gasteiger partial charge in [-0.15, -0.1) is 0 Å². The van der Waals surface area contributed by atoms with Gasteiger partial charge in [0.25, 0.3) is 0 Å². The minimum Gasteiger partial charge on any atom is -0.381 e. The third kappa shape index (κ3) is 3.50. The van der Waals surface area contributed by atoms with Crippen molar-refractivity contribution in [1.29, 1.82) is 0 Å². The molecule has 0 saturated carbocycles. The molecule has 1 aliphatic carbocycles. The molecule has 0 aromatic carbocycles.